The van der Waals surface area contributed by atoms with E-state index in [-0.39, 0.29) is 17.9 Å². The molecule has 10 heteroatoms. The summed E-state index contributed by atoms with van der Waals surface area (Å²) in [6.07, 6.45) is -0.127. The van der Waals surface area contributed by atoms with Crippen LogP contribution in [0.25, 0.3) is 0 Å². The van der Waals surface area contributed by atoms with Gasteiger partial charge in [0.1, 0.15) is 0 Å². The molecule has 2 aromatic rings. The Morgan fingerprint density at radius 1 is 1.08 bits per heavy atom. The van der Waals surface area contributed by atoms with Gasteiger partial charge < -0.3 is 0 Å². The molecule has 0 saturated heterocycles. The van der Waals surface area contributed by atoms with Crippen molar-refractivity contribution in [1.82, 2.24) is 15.6 Å². The maximum absolute atomic E-state index is 12.0. The second-order valence-corrected chi connectivity index (χ2v) is 7.73. The summed E-state index contributed by atoms with van der Waals surface area (Å²) in [4.78, 5) is 23.7. The number of hydrazine groups is 1. The number of rotatable bonds is 6. The number of hydrogen-bond acceptors (Lipinski definition) is 5. The average molecular weight is 388 g/mol. The third-order valence-electron chi connectivity index (χ3n) is 2.83. The van der Waals surface area contributed by atoms with Crippen LogP contribution in [0.5, 0.6) is 0 Å². The summed E-state index contributed by atoms with van der Waals surface area (Å²) >= 11 is 6.94. The van der Waals surface area contributed by atoms with Crippen LogP contribution in [0.1, 0.15) is 16.1 Å². The van der Waals surface area contributed by atoms with Crippen molar-refractivity contribution < 1.29 is 18.0 Å². The molecule has 0 aliphatic heterocycles. The van der Waals surface area contributed by atoms with E-state index < -0.39 is 21.8 Å². The Hall–Kier alpha value is -1.94. The first kappa shape index (κ1) is 18.4. The van der Waals surface area contributed by atoms with Crippen LogP contribution in [0, 0.1) is 0 Å². The number of benzene rings is 1. The molecular weight excluding hydrogens is 374 g/mol. The fourth-order valence-electron chi connectivity index (χ4n) is 1.65. The topological polar surface area (TPSA) is 104 Å². The van der Waals surface area contributed by atoms with Crippen molar-refractivity contribution in [2.24, 2.45) is 0 Å². The molecule has 1 aromatic carbocycles. The van der Waals surface area contributed by atoms with E-state index in [9.17, 15) is 18.0 Å². The summed E-state index contributed by atoms with van der Waals surface area (Å²) in [7, 11) is -3.71. The molecule has 1 heterocycles. The van der Waals surface area contributed by atoms with Gasteiger partial charge in [-0.3, -0.25) is 20.4 Å². The van der Waals surface area contributed by atoms with Crippen molar-refractivity contribution in [3.63, 3.8) is 0 Å². The van der Waals surface area contributed by atoms with Crippen LogP contribution in [0.4, 0.5) is 0 Å². The fraction of sp³-hybridized carbons (Fsp3) is 0.143. The van der Waals surface area contributed by atoms with Gasteiger partial charge in [0.05, 0.1) is 9.77 Å². The van der Waals surface area contributed by atoms with Crippen molar-refractivity contribution in [1.29, 1.82) is 0 Å². The molecule has 24 heavy (non-hydrogen) atoms. The highest BCUT2D eigenvalue weighted by atomic mass is 35.5. The summed E-state index contributed by atoms with van der Waals surface area (Å²) < 4.78 is 26.3. The van der Waals surface area contributed by atoms with Crippen molar-refractivity contribution in [2.75, 3.05) is 6.54 Å². The Morgan fingerprint density at radius 2 is 1.79 bits per heavy atom. The normalized spacial score (nSPS) is 11.0. The van der Waals surface area contributed by atoms with E-state index in [0.29, 0.717) is 9.90 Å². The van der Waals surface area contributed by atoms with E-state index in [2.05, 4.69) is 15.6 Å². The fourth-order valence-corrected chi connectivity index (χ4v) is 3.43. The number of amides is 2. The SMILES string of the molecule is O=C(CCNS(=O)(=O)c1ccc(Cl)cc1)NNC(=O)c1cccs1. The van der Waals surface area contributed by atoms with Crippen molar-refractivity contribution >= 4 is 44.8 Å². The third kappa shape index (κ3) is 5.31. The lowest BCUT2D eigenvalue weighted by molar-refractivity contribution is -0.121. The maximum atomic E-state index is 12.0. The molecular formula is C14H14ClN3O4S2. The number of carbonyl (C=O) groups is 2. The van der Waals surface area contributed by atoms with Crippen LogP contribution >= 0.6 is 22.9 Å². The van der Waals surface area contributed by atoms with Gasteiger partial charge >= 0.3 is 0 Å². The summed E-state index contributed by atoms with van der Waals surface area (Å²) in [5, 5.41) is 2.16. The van der Waals surface area contributed by atoms with Crippen LogP contribution in [0.3, 0.4) is 0 Å². The summed E-state index contributed by atoms with van der Waals surface area (Å²) in [6, 6.07) is 8.99. The highest BCUT2D eigenvalue weighted by Crippen LogP contribution is 2.13. The molecule has 0 atom stereocenters. The third-order valence-corrected chi connectivity index (χ3v) is 5.43. The van der Waals surface area contributed by atoms with E-state index in [1.54, 1.807) is 17.5 Å². The number of halogens is 1. The molecule has 0 unspecified atom stereocenters. The lowest BCUT2D eigenvalue weighted by Crippen LogP contribution is -2.42. The quantitative estimate of drug-likeness (QED) is 0.654. The molecule has 0 saturated carbocycles. The lowest BCUT2D eigenvalue weighted by atomic mass is 10.4. The first-order chi connectivity index (χ1) is 11.4. The Kier molecular flexibility index (Phi) is 6.32. The molecule has 0 aliphatic carbocycles. The van der Waals surface area contributed by atoms with Crippen molar-refractivity contribution in [3.8, 4) is 0 Å². The summed E-state index contributed by atoms with van der Waals surface area (Å²) in [5.74, 6) is -0.946. The molecule has 0 aliphatic rings. The zero-order valence-corrected chi connectivity index (χ0v) is 14.7. The molecule has 3 N–H and O–H groups in total. The molecule has 0 fully saturated rings. The minimum Gasteiger partial charge on any atom is -0.273 e. The van der Waals surface area contributed by atoms with Gasteiger partial charge in [0.15, 0.2) is 0 Å². The molecule has 128 valence electrons. The van der Waals surface area contributed by atoms with Gasteiger partial charge in [-0.25, -0.2) is 13.1 Å². The molecule has 2 rings (SSSR count). The maximum Gasteiger partial charge on any atom is 0.279 e. The second kappa shape index (κ2) is 8.25. The minimum atomic E-state index is -3.71. The Labute approximate surface area is 148 Å². The van der Waals surface area contributed by atoms with Gasteiger partial charge in [-0.1, -0.05) is 17.7 Å². The van der Waals surface area contributed by atoms with Gasteiger partial charge in [0.2, 0.25) is 15.9 Å². The number of sulfonamides is 1. The monoisotopic (exact) mass is 387 g/mol. The van der Waals surface area contributed by atoms with Gasteiger partial charge in [0.25, 0.3) is 5.91 Å². The average Bonchev–Trinajstić information content (AvgIpc) is 3.07. The first-order valence-corrected chi connectivity index (χ1v) is 9.50. The minimum absolute atomic E-state index is 0.0540. The molecule has 1 aromatic heterocycles. The highest BCUT2D eigenvalue weighted by Gasteiger charge is 2.14. The zero-order chi connectivity index (χ0) is 17.6. The standard InChI is InChI=1S/C14H14ClN3O4S2/c15-10-3-5-11(6-4-10)24(21,22)16-8-7-13(19)17-18-14(20)12-2-1-9-23-12/h1-6,9,16H,7-8H2,(H,17,19)(H,18,20). The predicted molar refractivity (Wildman–Crippen MR) is 91.2 cm³/mol. The first-order valence-electron chi connectivity index (χ1n) is 6.76. The Morgan fingerprint density at radius 3 is 2.42 bits per heavy atom. The molecule has 2 amide bonds. The van der Waals surface area contributed by atoms with Gasteiger partial charge in [-0.2, -0.15) is 0 Å². The van der Waals surface area contributed by atoms with Gasteiger partial charge in [-0.15, -0.1) is 11.3 Å². The smallest absolute Gasteiger partial charge is 0.273 e. The molecule has 0 spiro atoms. The number of nitrogens with one attached hydrogen (secondary N) is 3. The van der Waals surface area contributed by atoms with Crippen LogP contribution in [0.15, 0.2) is 46.7 Å². The van der Waals surface area contributed by atoms with E-state index >= 15 is 0 Å². The number of hydrogen-bond donors (Lipinski definition) is 3. The predicted octanol–water partition coefficient (Wildman–Crippen LogP) is 1.53. The van der Waals surface area contributed by atoms with E-state index in [4.69, 9.17) is 11.6 Å². The Bertz CT molecular complexity index is 805. The van der Waals surface area contributed by atoms with Gasteiger partial charge in [0, 0.05) is 18.0 Å². The highest BCUT2D eigenvalue weighted by molar-refractivity contribution is 7.89. The van der Waals surface area contributed by atoms with Crippen molar-refractivity contribution in [3.05, 3.63) is 51.7 Å². The molecule has 0 bridgehead atoms. The van der Waals surface area contributed by atoms with Gasteiger partial charge in [-0.05, 0) is 35.7 Å². The molecule has 0 radical (unpaired) electrons. The Balaban J connectivity index is 1.76. The zero-order valence-electron chi connectivity index (χ0n) is 12.3. The largest absolute Gasteiger partial charge is 0.279 e. The van der Waals surface area contributed by atoms with Crippen molar-refractivity contribution in [2.45, 2.75) is 11.3 Å². The van der Waals surface area contributed by atoms with E-state index in [1.165, 1.54) is 35.6 Å². The lowest BCUT2D eigenvalue weighted by Gasteiger charge is -2.08. The second-order valence-electron chi connectivity index (χ2n) is 4.58. The van der Waals surface area contributed by atoms with Crippen LogP contribution in [0.2, 0.25) is 5.02 Å². The number of thiophene rings is 1. The summed E-state index contributed by atoms with van der Waals surface area (Å²) in [6.45, 7) is -0.105. The van der Waals surface area contributed by atoms with Crippen LogP contribution in [-0.4, -0.2) is 26.8 Å². The number of carbonyl (C=O) groups excluding carboxylic acids is 2. The van der Waals surface area contributed by atoms with Crippen LogP contribution in [-0.2, 0) is 14.8 Å². The summed E-state index contributed by atoms with van der Waals surface area (Å²) in [5.41, 5.74) is 4.47. The van der Waals surface area contributed by atoms with Crippen LogP contribution < -0.4 is 15.6 Å². The van der Waals surface area contributed by atoms with E-state index in [0.717, 1.165) is 0 Å². The molecule has 7 nitrogen and oxygen atoms in total. The van der Waals surface area contributed by atoms with E-state index in [1.807, 2.05) is 0 Å².